The molecule has 0 atom stereocenters. The molecule has 0 unspecified atom stereocenters. The van der Waals surface area contributed by atoms with Crippen molar-refractivity contribution in [2.45, 2.75) is 31.7 Å². The molecule has 1 aliphatic heterocycles. The van der Waals surface area contributed by atoms with Crippen molar-refractivity contribution in [1.29, 1.82) is 0 Å². The van der Waals surface area contributed by atoms with Crippen LogP contribution in [-0.2, 0) is 6.42 Å². The zero-order valence-electron chi connectivity index (χ0n) is 16.4. The lowest BCUT2D eigenvalue weighted by atomic mass is 10.0. The normalized spacial score (nSPS) is 15.5. The summed E-state index contributed by atoms with van der Waals surface area (Å²) in [6.45, 7) is 5.24. The number of hydrogen-bond acceptors (Lipinski definition) is 7. The molecule has 0 radical (unpaired) electrons. The maximum atomic E-state index is 5.65. The highest BCUT2D eigenvalue weighted by Crippen LogP contribution is 2.21. The van der Waals surface area contributed by atoms with Crippen molar-refractivity contribution in [2.24, 2.45) is 0 Å². The average molecular weight is 468 g/mol. The van der Waals surface area contributed by atoms with Gasteiger partial charge in [0, 0.05) is 36.7 Å². The molecule has 1 aliphatic rings. The monoisotopic (exact) mass is 467 g/mol. The van der Waals surface area contributed by atoms with E-state index in [0.717, 1.165) is 62.4 Å². The van der Waals surface area contributed by atoms with Gasteiger partial charge in [-0.2, -0.15) is 4.98 Å². The molecule has 0 amide bonds. The van der Waals surface area contributed by atoms with Crippen LogP contribution in [0.4, 0.5) is 11.9 Å². The van der Waals surface area contributed by atoms with E-state index >= 15 is 0 Å². The molecule has 7 nitrogen and oxygen atoms in total. The van der Waals surface area contributed by atoms with E-state index in [9.17, 15) is 0 Å². The molecule has 1 fully saturated rings. The summed E-state index contributed by atoms with van der Waals surface area (Å²) in [5, 5.41) is 6.88. The second-order valence-electron chi connectivity index (χ2n) is 7.10. The Morgan fingerprint density at radius 3 is 2.68 bits per heavy atom. The minimum absolute atomic E-state index is 0.314. The molecule has 0 bridgehead atoms. The lowest BCUT2D eigenvalue weighted by Gasteiger charge is -2.38. The SMILES string of the molecule is CSNCCCN(CCc1ccc(Br)cc1)C1CCN(c2nc(N)n[nH]2)CC1. The van der Waals surface area contributed by atoms with Crippen molar-refractivity contribution >= 4 is 39.8 Å². The Morgan fingerprint density at radius 1 is 1.29 bits per heavy atom. The molecule has 2 aromatic rings. The second-order valence-corrected chi connectivity index (χ2v) is 8.71. The van der Waals surface area contributed by atoms with E-state index in [1.54, 1.807) is 11.9 Å². The zero-order valence-corrected chi connectivity index (χ0v) is 18.8. The van der Waals surface area contributed by atoms with Gasteiger partial charge < -0.3 is 10.6 Å². The molecule has 0 aliphatic carbocycles. The largest absolute Gasteiger partial charge is 0.366 e. The van der Waals surface area contributed by atoms with Crippen LogP contribution in [-0.4, -0.2) is 65.1 Å². The maximum Gasteiger partial charge on any atom is 0.241 e. The first-order valence-electron chi connectivity index (χ1n) is 9.83. The molecule has 9 heteroatoms. The second kappa shape index (κ2) is 11.0. The van der Waals surface area contributed by atoms with E-state index in [4.69, 9.17) is 5.73 Å². The van der Waals surface area contributed by atoms with Crippen LogP contribution >= 0.6 is 27.9 Å². The predicted molar refractivity (Wildman–Crippen MR) is 122 cm³/mol. The van der Waals surface area contributed by atoms with Crippen LogP contribution in [0.5, 0.6) is 0 Å². The molecule has 1 saturated heterocycles. The number of aromatic amines is 1. The highest BCUT2D eigenvalue weighted by atomic mass is 79.9. The van der Waals surface area contributed by atoms with Gasteiger partial charge in [0.2, 0.25) is 11.9 Å². The Morgan fingerprint density at radius 2 is 2.04 bits per heavy atom. The fourth-order valence-electron chi connectivity index (χ4n) is 3.71. The fraction of sp³-hybridized carbons (Fsp3) is 0.579. The summed E-state index contributed by atoms with van der Waals surface area (Å²) in [6.07, 6.45) is 6.60. The number of benzene rings is 1. The first kappa shape index (κ1) is 21.4. The Bertz CT molecular complexity index is 701. The molecule has 154 valence electrons. The van der Waals surface area contributed by atoms with Gasteiger partial charge in [0.15, 0.2) is 0 Å². The minimum Gasteiger partial charge on any atom is -0.366 e. The van der Waals surface area contributed by atoms with Crippen LogP contribution in [0, 0.1) is 0 Å². The minimum atomic E-state index is 0.314. The summed E-state index contributed by atoms with van der Waals surface area (Å²) in [4.78, 5) is 9.20. The number of nitrogens with zero attached hydrogens (tertiary/aromatic N) is 4. The first-order valence-corrected chi connectivity index (χ1v) is 11.8. The standard InChI is InChI=1S/C19H30BrN7S/c1-28-22-10-2-11-26(12-7-15-3-5-16(20)6-4-15)17-8-13-27(14-9-17)19-23-18(21)24-25-19/h3-6,17,22H,2,7-14H2,1H3,(H3,21,23,24,25). The third-order valence-electron chi connectivity index (χ3n) is 5.24. The average Bonchev–Trinajstić information content (AvgIpc) is 3.15. The van der Waals surface area contributed by atoms with Crippen LogP contribution in [0.3, 0.4) is 0 Å². The van der Waals surface area contributed by atoms with E-state index < -0.39 is 0 Å². The number of nitrogens with one attached hydrogen (secondary N) is 2. The van der Waals surface area contributed by atoms with Crippen molar-refractivity contribution in [1.82, 2.24) is 24.8 Å². The molecule has 4 N–H and O–H groups in total. The highest BCUT2D eigenvalue weighted by Gasteiger charge is 2.25. The van der Waals surface area contributed by atoms with Crippen molar-refractivity contribution in [3.63, 3.8) is 0 Å². The number of aromatic nitrogens is 3. The quantitative estimate of drug-likeness (QED) is 0.365. The van der Waals surface area contributed by atoms with Crippen LogP contribution < -0.4 is 15.4 Å². The van der Waals surface area contributed by atoms with Gasteiger partial charge in [-0.05, 0) is 56.2 Å². The Kier molecular flexibility index (Phi) is 8.44. The van der Waals surface area contributed by atoms with E-state index in [1.165, 1.54) is 12.0 Å². The van der Waals surface area contributed by atoms with Crippen molar-refractivity contribution in [2.75, 3.05) is 49.6 Å². The number of H-pyrrole nitrogens is 1. The van der Waals surface area contributed by atoms with Gasteiger partial charge in [-0.25, -0.2) is 5.10 Å². The number of halogens is 1. The summed E-state index contributed by atoms with van der Waals surface area (Å²) in [7, 11) is 0. The number of piperidine rings is 1. The molecular weight excluding hydrogens is 438 g/mol. The van der Waals surface area contributed by atoms with Crippen LogP contribution in [0.15, 0.2) is 28.7 Å². The Hall–Kier alpha value is -1.29. The van der Waals surface area contributed by atoms with Crippen molar-refractivity contribution in [3.8, 4) is 0 Å². The predicted octanol–water partition coefficient (Wildman–Crippen LogP) is 2.92. The van der Waals surface area contributed by atoms with Crippen molar-refractivity contribution in [3.05, 3.63) is 34.3 Å². The number of nitrogens with two attached hydrogens (primary N) is 1. The molecule has 0 saturated carbocycles. The number of rotatable bonds is 10. The van der Waals surface area contributed by atoms with Gasteiger partial charge in [-0.15, -0.1) is 5.10 Å². The summed E-state index contributed by atoms with van der Waals surface area (Å²) < 4.78 is 4.50. The zero-order chi connectivity index (χ0) is 19.8. The van der Waals surface area contributed by atoms with E-state index in [2.05, 4.69) is 76.2 Å². The van der Waals surface area contributed by atoms with Crippen LogP contribution in [0.1, 0.15) is 24.8 Å². The topological polar surface area (TPSA) is 86.1 Å². The summed E-state index contributed by atoms with van der Waals surface area (Å²) >= 11 is 5.21. The van der Waals surface area contributed by atoms with E-state index in [-0.39, 0.29) is 0 Å². The summed E-state index contributed by atoms with van der Waals surface area (Å²) in [5.74, 6) is 1.11. The number of anilines is 2. The van der Waals surface area contributed by atoms with E-state index in [1.807, 2.05) is 0 Å². The summed E-state index contributed by atoms with van der Waals surface area (Å²) in [6, 6.07) is 9.30. The first-order chi connectivity index (χ1) is 13.7. The van der Waals surface area contributed by atoms with Gasteiger partial charge in [0.1, 0.15) is 0 Å². The van der Waals surface area contributed by atoms with Gasteiger partial charge in [-0.3, -0.25) is 9.62 Å². The third kappa shape index (κ3) is 6.37. The lowest BCUT2D eigenvalue weighted by molar-refractivity contribution is 0.169. The molecule has 1 aromatic carbocycles. The number of hydrogen-bond donors (Lipinski definition) is 3. The molecule has 28 heavy (non-hydrogen) atoms. The highest BCUT2D eigenvalue weighted by molar-refractivity contribution is 9.10. The summed E-state index contributed by atoms with van der Waals surface area (Å²) in [5.41, 5.74) is 7.04. The maximum absolute atomic E-state index is 5.65. The fourth-order valence-corrected chi connectivity index (χ4v) is 4.32. The van der Waals surface area contributed by atoms with Gasteiger partial charge in [-0.1, -0.05) is 40.0 Å². The van der Waals surface area contributed by atoms with Gasteiger partial charge >= 0.3 is 0 Å². The van der Waals surface area contributed by atoms with Crippen LogP contribution in [0.2, 0.25) is 0 Å². The number of nitrogen functional groups attached to an aromatic ring is 1. The molecular formula is C19H30BrN7S. The van der Waals surface area contributed by atoms with Crippen molar-refractivity contribution < 1.29 is 0 Å². The van der Waals surface area contributed by atoms with Crippen LogP contribution in [0.25, 0.3) is 0 Å². The lowest BCUT2D eigenvalue weighted by Crippen LogP contribution is -2.46. The van der Waals surface area contributed by atoms with Gasteiger partial charge in [0.05, 0.1) is 0 Å². The smallest absolute Gasteiger partial charge is 0.241 e. The molecule has 1 aromatic heterocycles. The third-order valence-corrected chi connectivity index (χ3v) is 6.26. The van der Waals surface area contributed by atoms with E-state index in [0.29, 0.717) is 12.0 Å². The Labute approximate surface area is 180 Å². The van der Waals surface area contributed by atoms with Gasteiger partial charge in [0.25, 0.3) is 0 Å². The Balaban J connectivity index is 1.54. The molecule has 0 spiro atoms. The molecule has 3 rings (SSSR count). The molecule has 2 heterocycles.